The van der Waals surface area contributed by atoms with Crippen LogP contribution in [-0.4, -0.2) is 49.3 Å². The highest BCUT2D eigenvalue weighted by molar-refractivity contribution is 5.79. The third-order valence-electron chi connectivity index (χ3n) is 5.26. The summed E-state index contributed by atoms with van der Waals surface area (Å²) in [6.07, 6.45) is 4.76. The highest BCUT2D eigenvalue weighted by atomic mass is 16.5. The molecule has 1 atom stereocenters. The molecule has 0 unspecified atom stereocenters. The Kier molecular flexibility index (Phi) is 3.96. The van der Waals surface area contributed by atoms with Crippen LogP contribution in [0.2, 0.25) is 0 Å². The molecule has 9 nitrogen and oxygen atoms in total. The average molecular weight is 369 g/mol. The van der Waals surface area contributed by atoms with Gasteiger partial charge in [-0.05, 0) is 26.7 Å². The third-order valence-corrected chi connectivity index (χ3v) is 5.26. The molecule has 5 rings (SSSR count). The quantitative estimate of drug-likeness (QED) is 0.704. The zero-order valence-corrected chi connectivity index (χ0v) is 15.6. The van der Waals surface area contributed by atoms with Crippen molar-refractivity contribution in [2.75, 3.05) is 25.1 Å². The zero-order chi connectivity index (χ0) is 18.4. The van der Waals surface area contributed by atoms with Gasteiger partial charge in [0, 0.05) is 25.8 Å². The van der Waals surface area contributed by atoms with Crippen LogP contribution in [0, 0.1) is 13.8 Å². The van der Waals surface area contributed by atoms with Crippen molar-refractivity contribution >= 4 is 22.7 Å². The van der Waals surface area contributed by atoms with Crippen LogP contribution < -0.4 is 10.1 Å². The predicted octanol–water partition coefficient (Wildman–Crippen LogP) is 2.52. The van der Waals surface area contributed by atoms with E-state index in [1.165, 1.54) is 0 Å². The lowest BCUT2D eigenvalue weighted by Gasteiger charge is -2.23. The normalized spacial score (nSPS) is 20.0. The monoisotopic (exact) mass is 369 g/mol. The van der Waals surface area contributed by atoms with Crippen LogP contribution in [0.5, 0.6) is 5.88 Å². The lowest BCUT2D eigenvalue weighted by atomic mass is 10.1. The average Bonchev–Trinajstić information content (AvgIpc) is 3.16. The van der Waals surface area contributed by atoms with Crippen molar-refractivity contribution in [3.63, 3.8) is 0 Å². The fourth-order valence-electron chi connectivity index (χ4n) is 3.83. The number of aromatic nitrogens is 6. The number of fused-ring (bicyclic) bond motifs is 2. The molecule has 3 aromatic heterocycles. The van der Waals surface area contributed by atoms with E-state index in [0.717, 1.165) is 60.5 Å². The van der Waals surface area contributed by atoms with Crippen LogP contribution in [0.15, 0.2) is 6.20 Å². The Bertz CT molecular complexity index is 987. The lowest BCUT2D eigenvalue weighted by molar-refractivity contribution is 0.0537. The highest BCUT2D eigenvalue weighted by Crippen LogP contribution is 2.34. The van der Waals surface area contributed by atoms with Crippen LogP contribution in [0.4, 0.5) is 11.6 Å². The maximum Gasteiger partial charge on any atom is 0.257 e. The van der Waals surface area contributed by atoms with Crippen molar-refractivity contribution in [1.82, 2.24) is 29.5 Å². The van der Waals surface area contributed by atoms with Gasteiger partial charge in [-0.2, -0.15) is 10.1 Å². The smallest absolute Gasteiger partial charge is 0.257 e. The topological polar surface area (TPSA) is 91.9 Å². The van der Waals surface area contributed by atoms with E-state index >= 15 is 0 Å². The van der Waals surface area contributed by atoms with Gasteiger partial charge in [-0.1, -0.05) is 0 Å². The fraction of sp³-hybridized carbons (Fsp3) is 0.556. The molecule has 27 heavy (non-hydrogen) atoms. The first-order chi connectivity index (χ1) is 13.2. The third kappa shape index (κ3) is 2.82. The molecule has 2 aliphatic heterocycles. The summed E-state index contributed by atoms with van der Waals surface area (Å²) in [5.41, 5.74) is 3.62. The summed E-state index contributed by atoms with van der Waals surface area (Å²) in [6, 6.07) is 0.233. The Morgan fingerprint density at radius 2 is 2.11 bits per heavy atom. The second-order valence-corrected chi connectivity index (χ2v) is 7.15. The standard InChI is InChI=1S/C18H23N7O2/c1-11-14-9-19-18-20-15-12(2)25(13-5-3-7-26-10-13)23-17(15)27-8-4-6-24(22-11)16(14)21-18/h9,13H,3-8,10H2,1-2H3,(H,19,20,21)/t13-/m0/s1. The fourth-order valence-corrected chi connectivity index (χ4v) is 3.83. The van der Waals surface area contributed by atoms with Crippen molar-refractivity contribution in [2.45, 2.75) is 45.7 Å². The zero-order valence-electron chi connectivity index (χ0n) is 15.6. The Morgan fingerprint density at radius 1 is 1.19 bits per heavy atom. The van der Waals surface area contributed by atoms with Gasteiger partial charge in [-0.25, -0.2) is 9.67 Å². The molecule has 0 saturated carbocycles. The van der Waals surface area contributed by atoms with E-state index in [9.17, 15) is 0 Å². The molecule has 3 aromatic rings. The molecule has 0 aromatic carbocycles. The van der Waals surface area contributed by atoms with Gasteiger partial charge in [-0.3, -0.25) is 4.68 Å². The number of ether oxygens (including phenoxy) is 2. The Hall–Kier alpha value is -2.68. The van der Waals surface area contributed by atoms with Crippen LogP contribution in [0.1, 0.15) is 36.7 Å². The van der Waals surface area contributed by atoms with E-state index in [1.54, 1.807) is 0 Å². The maximum atomic E-state index is 6.02. The van der Waals surface area contributed by atoms with Gasteiger partial charge in [-0.15, -0.1) is 5.10 Å². The van der Waals surface area contributed by atoms with Gasteiger partial charge in [0.15, 0.2) is 5.65 Å². The van der Waals surface area contributed by atoms with E-state index in [0.29, 0.717) is 25.0 Å². The number of rotatable bonds is 1. The molecule has 9 heteroatoms. The number of anilines is 2. The summed E-state index contributed by atoms with van der Waals surface area (Å²) in [7, 11) is 0. The van der Waals surface area contributed by atoms with E-state index in [-0.39, 0.29) is 6.04 Å². The number of hydrogen-bond donors (Lipinski definition) is 1. The molecule has 1 fully saturated rings. The largest absolute Gasteiger partial charge is 0.475 e. The van der Waals surface area contributed by atoms with E-state index < -0.39 is 0 Å². The molecule has 0 aliphatic carbocycles. The Labute approximate surface area is 156 Å². The second-order valence-electron chi connectivity index (χ2n) is 7.15. The molecule has 0 spiro atoms. The number of hydrogen-bond acceptors (Lipinski definition) is 7. The van der Waals surface area contributed by atoms with Crippen molar-refractivity contribution in [2.24, 2.45) is 0 Å². The SMILES string of the molecule is Cc1nn2c3nc(ncc13)Nc1c(nn([C@H]3CCCOC3)c1C)OCCC2. The molecule has 1 saturated heterocycles. The van der Waals surface area contributed by atoms with Gasteiger partial charge >= 0.3 is 0 Å². The Balaban J connectivity index is 1.57. The summed E-state index contributed by atoms with van der Waals surface area (Å²) in [5.74, 6) is 1.12. The van der Waals surface area contributed by atoms with E-state index in [2.05, 4.69) is 15.4 Å². The molecule has 5 heterocycles. The van der Waals surface area contributed by atoms with Crippen molar-refractivity contribution in [3.05, 3.63) is 17.6 Å². The highest BCUT2D eigenvalue weighted by Gasteiger charge is 2.25. The van der Waals surface area contributed by atoms with Gasteiger partial charge in [0.1, 0.15) is 5.69 Å². The molecule has 2 aliphatic rings. The molecule has 0 radical (unpaired) electrons. The first-order valence-electron chi connectivity index (χ1n) is 9.47. The number of nitrogens with zero attached hydrogens (tertiary/aromatic N) is 6. The molecular weight excluding hydrogens is 346 g/mol. The lowest BCUT2D eigenvalue weighted by Crippen LogP contribution is -2.23. The van der Waals surface area contributed by atoms with Crippen LogP contribution in [0.25, 0.3) is 11.0 Å². The minimum Gasteiger partial charge on any atom is -0.475 e. The summed E-state index contributed by atoms with van der Waals surface area (Å²) in [6.45, 7) is 6.84. The molecule has 2 bridgehead atoms. The minimum absolute atomic E-state index is 0.233. The summed E-state index contributed by atoms with van der Waals surface area (Å²) in [5, 5.41) is 13.6. The second kappa shape index (κ2) is 6.49. The number of aryl methyl sites for hydroxylation is 2. The first-order valence-corrected chi connectivity index (χ1v) is 9.47. The van der Waals surface area contributed by atoms with Crippen molar-refractivity contribution in [3.8, 4) is 5.88 Å². The van der Waals surface area contributed by atoms with Gasteiger partial charge in [0.25, 0.3) is 5.88 Å². The van der Waals surface area contributed by atoms with Gasteiger partial charge < -0.3 is 14.8 Å². The molecule has 1 N–H and O–H groups in total. The van der Waals surface area contributed by atoms with Crippen molar-refractivity contribution in [1.29, 1.82) is 0 Å². The molecule has 142 valence electrons. The van der Waals surface area contributed by atoms with Gasteiger partial charge in [0.2, 0.25) is 5.95 Å². The molecular formula is C18H23N7O2. The predicted molar refractivity (Wildman–Crippen MR) is 99.5 cm³/mol. The number of nitrogens with one attached hydrogen (secondary N) is 1. The Morgan fingerprint density at radius 3 is 2.96 bits per heavy atom. The molecule has 0 amide bonds. The van der Waals surface area contributed by atoms with Crippen LogP contribution >= 0.6 is 0 Å². The van der Waals surface area contributed by atoms with Crippen molar-refractivity contribution < 1.29 is 9.47 Å². The first kappa shape index (κ1) is 16.5. The van der Waals surface area contributed by atoms with Crippen LogP contribution in [-0.2, 0) is 11.3 Å². The summed E-state index contributed by atoms with van der Waals surface area (Å²) < 4.78 is 15.6. The van der Waals surface area contributed by atoms with E-state index in [1.807, 2.05) is 29.4 Å². The minimum atomic E-state index is 0.233. The maximum absolute atomic E-state index is 6.02. The van der Waals surface area contributed by atoms with Gasteiger partial charge in [0.05, 0.1) is 36.0 Å². The summed E-state index contributed by atoms with van der Waals surface area (Å²) >= 11 is 0. The summed E-state index contributed by atoms with van der Waals surface area (Å²) in [4.78, 5) is 9.18. The van der Waals surface area contributed by atoms with E-state index in [4.69, 9.17) is 19.6 Å². The van der Waals surface area contributed by atoms with Crippen LogP contribution in [0.3, 0.4) is 0 Å².